The lowest BCUT2D eigenvalue weighted by molar-refractivity contribution is 0.771. The molecule has 0 heteroatoms. The van der Waals surface area contributed by atoms with E-state index in [1.165, 1.54) is 22.3 Å². The van der Waals surface area contributed by atoms with Gasteiger partial charge in [0.05, 0.1) is 0 Å². The highest BCUT2D eigenvalue weighted by molar-refractivity contribution is 5.52. The van der Waals surface area contributed by atoms with Gasteiger partial charge in [0.15, 0.2) is 0 Å². The lowest BCUT2D eigenvalue weighted by Gasteiger charge is -2.25. The van der Waals surface area contributed by atoms with E-state index in [1.54, 1.807) is 11.1 Å². The van der Waals surface area contributed by atoms with Crippen LogP contribution in [0.3, 0.4) is 0 Å². The molecule has 0 unspecified atom stereocenters. The van der Waals surface area contributed by atoms with Crippen LogP contribution in [-0.4, -0.2) is 0 Å². The average molecular weight is 218 g/mol. The predicted octanol–water partition coefficient (Wildman–Crippen LogP) is 5.17. The number of hydrogen-bond donors (Lipinski definition) is 0. The van der Waals surface area contributed by atoms with Crippen LogP contribution in [0.1, 0.15) is 72.9 Å². The van der Waals surface area contributed by atoms with Crippen LogP contribution < -0.4 is 0 Å². The Bertz CT molecular complexity index is 356. The predicted molar refractivity (Wildman–Crippen MR) is 73.6 cm³/mol. The number of rotatable bonds is 2. The van der Waals surface area contributed by atoms with Crippen molar-refractivity contribution in [1.29, 1.82) is 0 Å². The Kier molecular flexibility index (Phi) is 3.83. The first kappa shape index (κ1) is 13.3. The van der Waals surface area contributed by atoms with Gasteiger partial charge in [-0.1, -0.05) is 27.7 Å². The number of hydrogen-bond acceptors (Lipinski definition) is 0. The van der Waals surface area contributed by atoms with Gasteiger partial charge < -0.3 is 0 Å². The maximum Gasteiger partial charge on any atom is -0.0213 e. The molecular formula is C16H26. The minimum atomic E-state index is 0.621. The third-order valence-electron chi connectivity index (χ3n) is 3.94. The molecule has 0 atom stereocenters. The normalized spacial score (nSPS) is 11.6. The van der Waals surface area contributed by atoms with Gasteiger partial charge in [0, 0.05) is 0 Å². The molecule has 1 aromatic rings. The summed E-state index contributed by atoms with van der Waals surface area (Å²) in [6.07, 6.45) is 0. The second-order valence-electron chi connectivity index (χ2n) is 5.64. The van der Waals surface area contributed by atoms with Gasteiger partial charge in [-0.3, -0.25) is 0 Å². The van der Waals surface area contributed by atoms with Crippen molar-refractivity contribution in [3.05, 3.63) is 33.4 Å². The molecule has 0 spiro atoms. The van der Waals surface area contributed by atoms with Crippen LogP contribution in [0.15, 0.2) is 0 Å². The standard InChI is InChI=1S/C16H26/c1-9(2)15-13(7)11(5)12(6)14(8)16(15)10(3)4/h9-10H,1-8H3. The summed E-state index contributed by atoms with van der Waals surface area (Å²) < 4.78 is 0. The van der Waals surface area contributed by atoms with Gasteiger partial charge in [0.2, 0.25) is 0 Å². The van der Waals surface area contributed by atoms with Crippen LogP contribution in [0.4, 0.5) is 0 Å². The molecule has 0 N–H and O–H groups in total. The second-order valence-corrected chi connectivity index (χ2v) is 5.64. The Hall–Kier alpha value is -0.780. The van der Waals surface area contributed by atoms with Crippen molar-refractivity contribution in [2.75, 3.05) is 0 Å². The second kappa shape index (κ2) is 4.61. The van der Waals surface area contributed by atoms with E-state index in [4.69, 9.17) is 0 Å². The first-order valence-electron chi connectivity index (χ1n) is 6.39. The summed E-state index contributed by atoms with van der Waals surface area (Å²) in [6, 6.07) is 0. The van der Waals surface area contributed by atoms with Gasteiger partial charge in [0.25, 0.3) is 0 Å². The van der Waals surface area contributed by atoms with Gasteiger partial charge in [-0.2, -0.15) is 0 Å². The first-order chi connectivity index (χ1) is 7.29. The molecular weight excluding hydrogens is 192 g/mol. The fourth-order valence-corrected chi connectivity index (χ4v) is 2.86. The Morgan fingerprint density at radius 2 is 0.750 bits per heavy atom. The molecule has 0 amide bonds. The zero-order valence-electron chi connectivity index (χ0n) is 12.2. The average Bonchev–Trinajstić information content (AvgIpc) is 2.18. The van der Waals surface area contributed by atoms with Crippen LogP contribution in [-0.2, 0) is 0 Å². The van der Waals surface area contributed by atoms with Crippen molar-refractivity contribution in [1.82, 2.24) is 0 Å². The van der Waals surface area contributed by atoms with E-state index >= 15 is 0 Å². The molecule has 0 aliphatic carbocycles. The fourth-order valence-electron chi connectivity index (χ4n) is 2.86. The summed E-state index contributed by atoms with van der Waals surface area (Å²) in [5, 5.41) is 0. The molecule has 0 aliphatic heterocycles. The molecule has 0 heterocycles. The summed E-state index contributed by atoms with van der Waals surface area (Å²) in [5.74, 6) is 1.24. The molecule has 1 aromatic carbocycles. The van der Waals surface area contributed by atoms with Crippen molar-refractivity contribution in [2.24, 2.45) is 0 Å². The highest BCUT2D eigenvalue weighted by Crippen LogP contribution is 2.35. The first-order valence-corrected chi connectivity index (χ1v) is 6.39. The molecule has 0 radical (unpaired) electrons. The van der Waals surface area contributed by atoms with Gasteiger partial charge in [-0.25, -0.2) is 0 Å². The largest absolute Gasteiger partial charge is 0.0587 e. The number of benzene rings is 1. The minimum absolute atomic E-state index is 0.621. The highest BCUT2D eigenvalue weighted by atomic mass is 14.2. The maximum atomic E-state index is 2.31. The fraction of sp³-hybridized carbons (Fsp3) is 0.625. The third kappa shape index (κ3) is 2.03. The van der Waals surface area contributed by atoms with E-state index in [9.17, 15) is 0 Å². The molecule has 1 rings (SSSR count). The summed E-state index contributed by atoms with van der Waals surface area (Å²) in [6.45, 7) is 18.3. The smallest absolute Gasteiger partial charge is 0.0213 e. The molecule has 16 heavy (non-hydrogen) atoms. The van der Waals surface area contributed by atoms with E-state index in [0.29, 0.717) is 11.8 Å². The Morgan fingerprint density at radius 1 is 0.500 bits per heavy atom. The molecule has 0 aromatic heterocycles. The van der Waals surface area contributed by atoms with E-state index in [-0.39, 0.29) is 0 Å². The summed E-state index contributed by atoms with van der Waals surface area (Å²) in [5.41, 5.74) is 9.12. The van der Waals surface area contributed by atoms with Crippen LogP contribution in [0.2, 0.25) is 0 Å². The molecule has 0 bridgehead atoms. The van der Waals surface area contributed by atoms with Gasteiger partial charge in [-0.15, -0.1) is 0 Å². The molecule has 0 saturated carbocycles. The van der Waals surface area contributed by atoms with E-state index < -0.39 is 0 Å². The lowest BCUT2D eigenvalue weighted by atomic mass is 9.80. The molecule has 0 fully saturated rings. The van der Waals surface area contributed by atoms with Crippen LogP contribution >= 0.6 is 0 Å². The van der Waals surface area contributed by atoms with E-state index in [0.717, 1.165) is 0 Å². The van der Waals surface area contributed by atoms with Crippen LogP contribution in [0.25, 0.3) is 0 Å². The van der Waals surface area contributed by atoms with Gasteiger partial charge >= 0.3 is 0 Å². The molecule has 0 saturated heterocycles. The van der Waals surface area contributed by atoms with Crippen molar-refractivity contribution in [3.8, 4) is 0 Å². The zero-order chi connectivity index (χ0) is 12.6. The maximum absolute atomic E-state index is 2.31. The molecule has 90 valence electrons. The Morgan fingerprint density at radius 3 is 0.938 bits per heavy atom. The van der Waals surface area contributed by atoms with Crippen molar-refractivity contribution >= 4 is 0 Å². The van der Waals surface area contributed by atoms with Crippen LogP contribution in [0, 0.1) is 27.7 Å². The summed E-state index contributed by atoms with van der Waals surface area (Å²) >= 11 is 0. The van der Waals surface area contributed by atoms with E-state index in [1.807, 2.05) is 0 Å². The quantitative estimate of drug-likeness (QED) is 0.642. The third-order valence-corrected chi connectivity index (χ3v) is 3.94. The van der Waals surface area contributed by atoms with Crippen molar-refractivity contribution < 1.29 is 0 Å². The van der Waals surface area contributed by atoms with Gasteiger partial charge in [-0.05, 0) is 72.9 Å². The Labute approximate surface area is 101 Å². The van der Waals surface area contributed by atoms with Crippen molar-refractivity contribution in [3.63, 3.8) is 0 Å². The molecule has 0 aliphatic rings. The zero-order valence-corrected chi connectivity index (χ0v) is 12.2. The monoisotopic (exact) mass is 218 g/mol. The topological polar surface area (TPSA) is 0 Å². The van der Waals surface area contributed by atoms with E-state index in [2.05, 4.69) is 55.4 Å². The highest BCUT2D eigenvalue weighted by Gasteiger charge is 2.18. The summed E-state index contributed by atoms with van der Waals surface area (Å²) in [7, 11) is 0. The summed E-state index contributed by atoms with van der Waals surface area (Å²) in [4.78, 5) is 0. The molecule has 0 nitrogen and oxygen atoms in total. The van der Waals surface area contributed by atoms with Crippen LogP contribution in [0.5, 0.6) is 0 Å². The Balaban J connectivity index is 3.69. The van der Waals surface area contributed by atoms with Gasteiger partial charge in [0.1, 0.15) is 0 Å². The SMILES string of the molecule is Cc1c(C)c(C)c(C(C)C)c(C(C)C)c1C. The van der Waals surface area contributed by atoms with Crippen molar-refractivity contribution in [2.45, 2.75) is 67.2 Å². The lowest BCUT2D eigenvalue weighted by Crippen LogP contribution is -2.08. The minimum Gasteiger partial charge on any atom is -0.0587 e.